The summed E-state index contributed by atoms with van der Waals surface area (Å²) in [6, 6.07) is 0. The van der Waals surface area contributed by atoms with Gasteiger partial charge < -0.3 is 0 Å². The van der Waals surface area contributed by atoms with Gasteiger partial charge in [0.25, 0.3) is 0 Å². The first kappa shape index (κ1) is 6.10. The summed E-state index contributed by atoms with van der Waals surface area (Å²) in [5.74, 6) is 0. The molecule has 0 spiro atoms. The molecular weight excluding hydrogens is 95.0 g/mol. The molecule has 0 bridgehead atoms. The lowest BCUT2D eigenvalue weighted by molar-refractivity contribution is 0.590. The van der Waals surface area contributed by atoms with Crippen LogP contribution in [0.4, 0.5) is 0 Å². The topological polar surface area (TPSA) is 17.1 Å². The molecule has 36 valence electrons. The van der Waals surface area contributed by atoms with Gasteiger partial charge in [-0.25, -0.2) is 0 Å². The predicted molar refractivity (Wildman–Crippen MR) is 28.7 cm³/mol. The van der Waals surface area contributed by atoms with Gasteiger partial charge >= 0.3 is 7.80 Å². The molecule has 2 heteroatoms. The van der Waals surface area contributed by atoms with E-state index in [1.807, 2.05) is 6.92 Å². The van der Waals surface area contributed by atoms with Gasteiger partial charge in [0.2, 0.25) is 0 Å². The van der Waals surface area contributed by atoms with Crippen LogP contribution >= 0.6 is 7.80 Å². The maximum Gasteiger partial charge on any atom is 0.335 e. The third kappa shape index (κ3) is 4.10. The molecule has 0 N–H and O–H groups in total. The minimum Gasteiger partial charge on any atom is -0.0752 e. The second-order valence-corrected chi connectivity index (χ2v) is 3.05. The van der Waals surface area contributed by atoms with Crippen molar-refractivity contribution in [3.63, 3.8) is 0 Å². The molecule has 0 rings (SSSR count). The molecule has 0 aromatic heterocycles. The van der Waals surface area contributed by atoms with Gasteiger partial charge in [0, 0.05) is 0 Å². The van der Waals surface area contributed by atoms with Crippen molar-refractivity contribution in [3.05, 3.63) is 0 Å². The summed E-state index contributed by atoms with van der Waals surface area (Å²) >= 11 is 0. The molecule has 0 aromatic rings. The van der Waals surface area contributed by atoms with Crippen molar-refractivity contribution >= 4 is 7.80 Å². The van der Waals surface area contributed by atoms with Crippen molar-refractivity contribution < 1.29 is 4.57 Å². The molecule has 0 aliphatic rings. The van der Waals surface area contributed by atoms with E-state index in [9.17, 15) is 4.57 Å². The smallest absolute Gasteiger partial charge is 0.0752 e. The van der Waals surface area contributed by atoms with Crippen LogP contribution in [-0.2, 0) is 4.57 Å². The summed E-state index contributed by atoms with van der Waals surface area (Å²) < 4.78 is 10.2. The Bertz CT molecular complexity index is 51.5. The molecule has 0 fully saturated rings. The molecular formula is C4H10OP+. The fraction of sp³-hybridized carbons (Fsp3) is 1.00. The summed E-state index contributed by atoms with van der Waals surface area (Å²) in [5.41, 5.74) is 0. The number of rotatable bonds is 2. The van der Waals surface area contributed by atoms with Crippen LogP contribution in [0.5, 0.6) is 0 Å². The van der Waals surface area contributed by atoms with E-state index in [2.05, 4.69) is 0 Å². The molecule has 0 saturated heterocycles. The molecule has 0 amide bonds. The Morgan fingerprint density at radius 3 is 2.17 bits per heavy atom. The highest BCUT2D eigenvalue weighted by Crippen LogP contribution is 2.12. The largest absolute Gasteiger partial charge is 0.335 e. The van der Waals surface area contributed by atoms with Gasteiger partial charge in [-0.05, 0) is 6.42 Å². The Morgan fingerprint density at radius 2 is 2.17 bits per heavy atom. The SMILES string of the molecule is CCC[P+](C)=O. The summed E-state index contributed by atoms with van der Waals surface area (Å²) in [6.07, 6.45) is 1.93. The van der Waals surface area contributed by atoms with Crippen LogP contribution in [0.1, 0.15) is 13.3 Å². The zero-order chi connectivity index (χ0) is 4.99. The number of hydrogen-bond donors (Lipinski definition) is 0. The second kappa shape index (κ2) is 3.30. The highest BCUT2D eigenvalue weighted by atomic mass is 31.1. The van der Waals surface area contributed by atoms with Crippen LogP contribution in [-0.4, -0.2) is 12.8 Å². The predicted octanol–water partition coefficient (Wildman–Crippen LogP) is 1.85. The monoisotopic (exact) mass is 105 g/mol. The van der Waals surface area contributed by atoms with Crippen LogP contribution in [0.15, 0.2) is 0 Å². The first-order chi connectivity index (χ1) is 2.77. The molecule has 0 aromatic carbocycles. The van der Waals surface area contributed by atoms with Gasteiger partial charge in [-0.2, -0.15) is 0 Å². The fourth-order valence-electron chi connectivity index (χ4n) is 0.315. The Hall–Kier alpha value is 0.100. The Morgan fingerprint density at radius 1 is 1.67 bits per heavy atom. The molecule has 0 aliphatic carbocycles. The average molecular weight is 105 g/mol. The third-order valence-corrected chi connectivity index (χ3v) is 1.62. The van der Waals surface area contributed by atoms with Crippen LogP contribution in [0, 0.1) is 0 Å². The van der Waals surface area contributed by atoms with Crippen LogP contribution in [0.3, 0.4) is 0 Å². The van der Waals surface area contributed by atoms with E-state index in [0.29, 0.717) is 0 Å². The van der Waals surface area contributed by atoms with Gasteiger partial charge in [-0.1, -0.05) is 11.5 Å². The maximum atomic E-state index is 10.2. The molecule has 0 aliphatic heterocycles. The molecule has 0 radical (unpaired) electrons. The lowest BCUT2D eigenvalue weighted by atomic mass is 10.6. The first-order valence-electron chi connectivity index (χ1n) is 2.15. The number of hydrogen-bond acceptors (Lipinski definition) is 1. The summed E-state index contributed by atoms with van der Waals surface area (Å²) in [7, 11) is -0.851. The minimum absolute atomic E-state index is 0.851. The zero-order valence-corrected chi connectivity index (χ0v) is 5.16. The zero-order valence-electron chi connectivity index (χ0n) is 4.27. The van der Waals surface area contributed by atoms with Crippen molar-refractivity contribution in [2.75, 3.05) is 12.8 Å². The summed E-state index contributed by atoms with van der Waals surface area (Å²) in [4.78, 5) is 0. The van der Waals surface area contributed by atoms with E-state index in [4.69, 9.17) is 0 Å². The van der Waals surface area contributed by atoms with Crippen LogP contribution < -0.4 is 0 Å². The van der Waals surface area contributed by atoms with Crippen molar-refractivity contribution in [1.82, 2.24) is 0 Å². The van der Waals surface area contributed by atoms with Gasteiger partial charge in [0.15, 0.2) is 0 Å². The standard InChI is InChI=1S/C4H10OP/c1-3-4-6(2)5/h3-4H2,1-2H3/q+1. The maximum absolute atomic E-state index is 10.2. The van der Waals surface area contributed by atoms with E-state index >= 15 is 0 Å². The normalized spacial score (nSPS) is 11.3. The summed E-state index contributed by atoms with van der Waals surface area (Å²) in [6.45, 7) is 3.80. The Labute approximate surface area is 39.5 Å². The Balaban J connectivity index is 2.83. The van der Waals surface area contributed by atoms with Crippen LogP contribution in [0.2, 0.25) is 0 Å². The van der Waals surface area contributed by atoms with Gasteiger partial charge in [-0.15, -0.1) is 0 Å². The quantitative estimate of drug-likeness (QED) is 0.490. The fourth-order valence-corrected chi connectivity index (χ4v) is 0.945. The summed E-state index contributed by atoms with van der Waals surface area (Å²) in [5, 5.41) is 0. The van der Waals surface area contributed by atoms with Crippen molar-refractivity contribution in [3.8, 4) is 0 Å². The van der Waals surface area contributed by atoms with Crippen molar-refractivity contribution in [1.29, 1.82) is 0 Å². The lowest BCUT2D eigenvalue weighted by Gasteiger charge is -1.68. The second-order valence-electron chi connectivity index (χ2n) is 1.35. The van der Waals surface area contributed by atoms with Crippen molar-refractivity contribution in [2.24, 2.45) is 0 Å². The van der Waals surface area contributed by atoms with Gasteiger partial charge in [-0.3, -0.25) is 0 Å². The van der Waals surface area contributed by atoms with Crippen LogP contribution in [0.25, 0.3) is 0 Å². The lowest BCUT2D eigenvalue weighted by Crippen LogP contribution is -1.66. The van der Waals surface area contributed by atoms with E-state index < -0.39 is 7.80 Å². The third-order valence-electron chi connectivity index (χ3n) is 0.539. The molecule has 1 unspecified atom stereocenters. The van der Waals surface area contributed by atoms with E-state index in [-0.39, 0.29) is 0 Å². The highest BCUT2D eigenvalue weighted by molar-refractivity contribution is 7.43. The van der Waals surface area contributed by atoms with E-state index in [0.717, 1.165) is 12.6 Å². The molecule has 1 atom stereocenters. The average Bonchev–Trinajstić information content (AvgIpc) is 1.35. The van der Waals surface area contributed by atoms with Crippen molar-refractivity contribution in [2.45, 2.75) is 13.3 Å². The minimum atomic E-state index is -0.851. The molecule has 1 nitrogen and oxygen atoms in total. The van der Waals surface area contributed by atoms with E-state index in [1.165, 1.54) is 0 Å². The van der Waals surface area contributed by atoms with E-state index in [1.54, 1.807) is 6.66 Å². The molecule has 6 heavy (non-hydrogen) atoms. The molecule has 0 saturated carbocycles. The highest BCUT2D eigenvalue weighted by Gasteiger charge is 1.98. The molecule has 0 heterocycles. The first-order valence-corrected chi connectivity index (χ1v) is 4.05. The van der Waals surface area contributed by atoms with Gasteiger partial charge in [0.1, 0.15) is 12.8 Å². The van der Waals surface area contributed by atoms with Gasteiger partial charge in [0.05, 0.1) is 0 Å². The Kier molecular flexibility index (Phi) is 3.35.